The predicted octanol–water partition coefficient (Wildman–Crippen LogP) is 6.10. The SMILES string of the molecule is Cc1[nH]c(S[C@H](C)C(=O)Nc2ccccc2-c2ccccc2)nc1Cc1ccccc1. The molecule has 31 heavy (non-hydrogen) atoms. The molecule has 4 rings (SSSR count). The summed E-state index contributed by atoms with van der Waals surface area (Å²) in [5.74, 6) is -0.0490. The zero-order valence-corrected chi connectivity index (χ0v) is 18.4. The van der Waals surface area contributed by atoms with Gasteiger partial charge in [0.1, 0.15) is 0 Å². The summed E-state index contributed by atoms with van der Waals surface area (Å²) in [6, 6.07) is 28.2. The first-order valence-electron chi connectivity index (χ1n) is 10.3. The number of hydrogen-bond donors (Lipinski definition) is 2. The Morgan fingerprint density at radius 1 is 0.968 bits per heavy atom. The lowest BCUT2D eigenvalue weighted by atomic mass is 10.0. The van der Waals surface area contributed by atoms with Gasteiger partial charge in [0.15, 0.2) is 5.16 Å². The van der Waals surface area contributed by atoms with Crippen LogP contribution in [-0.2, 0) is 11.2 Å². The van der Waals surface area contributed by atoms with Gasteiger partial charge in [-0.25, -0.2) is 4.98 Å². The van der Waals surface area contributed by atoms with E-state index < -0.39 is 0 Å². The Bertz CT molecular complexity index is 1160. The molecule has 1 amide bonds. The lowest BCUT2D eigenvalue weighted by molar-refractivity contribution is -0.115. The number of nitrogens with zero attached hydrogens (tertiary/aromatic N) is 1. The molecule has 0 aliphatic rings. The Balaban J connectivity index is 1.44. The second-order valence-corrected chi connectivity index (χ2v) is 8.77. The van der Waals surface area contributed by atoms with Gasteiger partial charge in [-0.05, 0) is 31.0 Å². The number of carbonyl (C=O) groups excluding carboxylic acids is 1. The number of nitrogens with one attached hydrogen (secondary N) is 2. The highest BCUT2D eigenvalue weighted by Crippen LogP contribution is 2.29. The molecule has 5 heteroatoms. The van der Waals surface area contributed by atoms with Gasteiger partial charge in [-0.2, -0.15) is 0 Å². The number of carbonyl (C=O) groups is 1. The molecular formula is C26H25N3OS. The van der Waals surface area contributed by atoms with Gasteiger partial charge in [-0.3, -0.25) is 4.79 Å². The number of rotatable bonds is 7. The molecule has 0 spiro atoms. The van der Waals surface area contributed by atoms with Crippen LogP contribution in [0, 0.1) is 6.92 Å². The number of anilines is 1. The minimum absolute atomic E-state index is 0.0490. The average Bonchev–Trinajstić information content (AvgIpc) is 3.13. The van der Waals surface area contributed by atoms with Crippen molar-refractivity contribution in [3.05, 3.63) is 102 Å². The van der Waals surface area contributed by atoms with Crippen LogP contribution in [0.5, 0.6) is 0 Å². The van der Waals surface area contributed by atoms with Gasteiger partial charge in [0, 0.05) is 23.4 Å². The van der Waals surface area contributed by atoms with E-state index in [4.69, 9.17) is 4.98 Å². The maximum absolute atomic E-state index is 12.9. The first-order chi connectivity index (χ1) is 15.1. The number of hydrogen-bond acceptors (Lipinski definition) is 3. The summed E-state index contributed by atoms with van der Waals surface area (Å²) in [7, 11) is 0. The third-order valence-electron chi connectivity index (χ3n) is 5.11. The Morgan fingerprint density at radius 3 is 2.35 bits per heavy atom. The number of thioether (sulfide) groups is 1. The summed E-state index contributed by atoms with van der Waals surface area (Å²) in [6.07, 6.45) is 0.773. The molecule has 0 saturated heterocycles. The van der Waals surface area contributed by atoms with Crippen LogP contribution < -0.4 is 5.32 Å². The number of H-pyrrole nitrogens is 1. The number of amides is 1. The van der Waals surface area contributed by atoms with Crippen molar-refractivity contribution in [2.45, 2.75) is 30.7 Å². The monoisotopic (exact) mass is 427 g/mol. The first kappa shape index (κ1) is 20.9. The Morgan fingerprint density at radius 2 is 1.61 bits per heavy atom. The largest absolute Gasteiger partial charge is 0.337 e. The molecule has 156 valence electrons. The summed E-state index contributed by atoms with van der Waals surface area (Å²) in [5.41, 5.74) is 6.16. The van der Waals surface area contributed by atoms with E-state index in [1.54, 1.807) is 0 Å². The van der Waals surface area contributed by atoms with Crippen LogP contribution in [0.1, 0.15) is 23.9 Å². The highest BCUT2D eigenvalue weighted by molar-refractivity contribution is 8.00. The lowest BCUT2D eigenvalue weighted by Crippen LogP contribution is -2.22. The number of aromatic amines is 1. The van der Waals surface area contributed by atoms with Gasteiger partial charge in [0.25, 0.3) is 0 Å². The molecule has 1 atom stereocenters. The van der Waals surface area contributed by atoms with E-state index in [2.05, 4.69) is 22.4 Å². The maximum Gasteiger partial charge on any atom is 0.237 e. The second kappa shape index (κ2) is 9.67. The molecule has 1 heterocycles. The molecular weight excluding hydrogens is 402 g/mol. The fourth-order valence-electron chi connectivity index (χ4n) is 3.40. The number of benzene rings is 3. The molecule has 0 fully saturated rings. The summed E-state index contributed by atoms with van der Waals surface area (Å²) in [5, 5.41) is 3.56. The zero-order valence-electron chi connectivity index (χ0n) is 17.6. The molecule has 0 radical (unpaired) electrons. The third kappa shape index (κ3) is 5.25. The molecule has 3 aromatic carbocycles. The summed E-state index contributed by atoms with van der Waals surface area (Å²) < 4.78 is 0. The molecule has 2 N–H and O–H groups in total. The molecule has 0 aliphatic heterocycles. The lowest BCUT2D eigenvalue weighted by Gasteiger charge is -2.14. The van der Waals surface area contributed by atoms with Crippen LogP contribution >= 0.6 is 11.8 Å². The van der Waals surface area contributed by atoms with Gasteiger partial charge in [-0.1, -0.05) is 90.6 Å². The molecule has 0 aliphatic carbocycles. The fraction of sp³-hybridized carbons (Fsp3) is 0.154. The van der Waals surface area contributed by atoms with Crippen molar-refractivity contribution in [1.82, 2.24) is 9.97 Å². The minimum Gasteiger partial charge on any atom is -0.337 e. The third-order valence-corrected chi connectivity index (χ3v) is 6.09. The molecule has 0 saturated carbocycles. The van der Waals surface area contributed by atoms with Crippen molar-refractivity contribution < 1.29 is 4.79 Å². The average molecular weight is 428 g/mol. The highest BCUT2D eigenvalue weighted by atomic mass is 32.2. The van der Waals surface area contributed by atoms with Gasteiger partial charge in [0.2, 0.25) is 5.91 Å². The summed E-state index contributed by atoms with van der Waals surface area (Å²) in [6.45, 7) is 3.93. The highest BCUT2D eigenvalue weighted by Gasteiger charge is 2.19. The van der Waals surface area contributed by atoms with Crippen molar-refractivity contribution in [2.75, 3.05) is 5.32 Å². The number of aromatic nitrogens is 2. The van der Waals surface area contributed by atoms with Crippen LogP contribution in [0.15, 0.2) is 90.1 Å². The maximum atomic E-state index is 12.9. The van der Waals surface area contributed by atoms with Crippen molar-refractivity contribution in [2.24, 2.45) is 0 Å². The van der Waals surface area contributed by atoms with E-state index in [0.717, 1.165) is 39.8 Å². The summed E-state index contributed by atoms with van der Waals surface area (Å²) in [4.78, 5) is 21.0. The smallest absolute Gasteiger partial charge is 0.237 e. The van der Waals surface area contributed by atoms with Crippen LogP contribution in [-0.4, -0.2) is 21.1 Å². The van der Waals surface area contributed by atoms with E-state index in [1.807, 2.05) is 86.6 Å². The first-order valence-corrected chi connectivity index (χ1v) is 11.2. The number of imidazole rings is 1. The van der Waals surface area contributed by atoms with Crippen molar-refractivity contribution in [3.8, 4) is 11.1 Å². The van der Waals surface area contributed by atoms with Crippen LogP contribution in [0.2, 0.25) is 0 Å². The van der Waals surface area contributed by atoms with E-state index in [0.29, 0.717) is 0 Å². The van der Waals surface area contributed by atoms with Gasteiger partial charge >= 0.3 is 0 Å². The Hall–Kier alpha value is -3.31. The fourth-order valence-corrected chi connectivity index (χ4v) is 4.28. The van der Waals surface area contributed by atoms with E-state index >= 15 is 0 Å². The molecule has 0 bridgehead atoms. The summed E-state index contributed by atoms with van der Waals surface area (Å²) >= 11 is 1.44. The van der Waals surface area contributed by atoms with Gasteiger partial charge < -0.3 is 10.3 Å². The topological polar surface area (TPSA) is 57.8 Å². The van der Waals surface area contributed by atoms with Crippen LogP contribution in [0.25, 0.3) is 11.1 Å². The van der Waals surface area contributed by atoms with E-state index in [9.17, 15) is 4.79 Å². The standard InChI is InChI=1S/C26H25N3OS/c1-18-24(17-20-11-5-3-6-12-20)29-26(27-18)31-19(2)25(30)28-23-16-10-9-15-22(23)21-13-7-4-8-14-21/h3-16,19H,17H2,1-2H3,(H,27,29)(H,28,30)/t19-/m1/s1. The van der Waals surface area contributed by atoms with Crippen LogP contribution in [0.3, 0.4) is 0 Å². The molecule has 4 aromatic rings. The van der Waals surface area contributed by atoms with Crippen LogP contribution in [0.4, 0.5) is 5.69 Å². The van der Waals surface area contributed by atoms with Gasteiger partial charge in [-0.15, -0.1) is 0 Å². The molecule has 0 unspecified atom stereocenters. The normalized spacial score (nSPS) is 11.8. The van der Waals surface area contributed by atoms with Crippen molar-refractivity contribution in [1.29, 1.82) is 0 Å². The molecule has 4 nitrogen and oxygen atoms in total. The minimum atomic E-state index is -0.293. The van der Waals surface area contributed by atoms with E-state index in [1.165, 1.54) is 17.3 Å². The zero-order chi connectivity index (χ0) is 21.6. The number of para-hydroxylation sites is 1. The van der Waals surface area contributed by atoms with Crippen molar-refractivity contribution in [3.63, 3.8) is 0 Å². The van der Waals surface area contributed by atoms with E-state index in [-0.39, 0.29) is 11.2 Å². The number of aryl methyl sites for hydroxylation is 1. The van der Waals surface area contributed by atoms with Crippen molar-refractivity contribution >= 4 is 23.4 Å². The Labute approximate surface area is 187 Å². The molecule has 1 aromatic heterocycles. The quantitative estimate of drug-likeness (QED) is 0.351. The van der Waals surface area contributed by atoms with Gasteiger partial charge in [0.05, 0.1) is 10.9 Å². The Kier molecular flexibility index (Phi) is 6.53. The second-order valence-electron chi connectivity index (χ2n) is 7.44. The predicted molar refractivity (Wildman–Crippen MR) is 128 cm³/mol.